The standard InChI is InChI=1S/C23H18N4O11S3/c1-38-20-12-15(25-24-14-2-5-16(6-3-14)39(29,30)31)4-9-19(20)26-27-22-18-8-7-17(40(32,33)34)10-13(18)11-21(23(22)28)41(35,36)37/h2-12,28H,1H3,(H,29,30,31)(H,32,33,34)(H,35,36,37). The van der Waals surface area contributed by atoms with Crippen molar-refractivity contribution in [3.63, 3.8) is 0 Å². The van der Waals surface area contributed by atoms with Gasteiger partial charge in [0.25, 0.3) is 30.4 Å². The van der Waals surface area contributed by atoms with Crippen molar-refractivity contribution in [3.05, 3.63) is 66.7 Å². The second kappa shape index (κ2) is 10.9. The van der Waals surface area contributed by atoms with Crippen LogP contribution in [0.4, 0.5) is 22.7 Å². The molecule has 0 aliphatic rings. The van der Waals surface area contributed by atoms with Gasteiger partial charge in [-0.25, -0.2) is 0 Å². The Bertz CT molecular complexity index is 2060. The molecule has 0 atom stereocenters. The molecule has 41 heavy (non-hydrogen) atoms. The highest BCUT2D eigenvalue weighted by Gasteiger charge is 2.23. The molecular formula is C23H18N4O11S3. The topological polar surface area (TPSA) is 242 Å². The smallest absolute Gasteiger partial charge is 0.298 e. The Morgan fingerprint density at radius 2 is 1.22 bits per heavy atom. The van der Waals surface area contributed by atoms with E-state index in [2.05, 4.69) is 20.5 Å². The van der Waals surface area contributed by atoms with Crippen LogP contribution in [0.2, 0.25) is 0 Å². The van der Waals surface area contributed by atoms with Gasteiger partial charge in [0.1, 0.15) is 22.0 Å². The summed E-state index contributed by atoms with van der Waals surface area (Å²) in [5, 5.41) is 26.4. The second-order valence-electron chi connectivity index (χ2n) is 8.13. The summed E-state index contributed by atoms with van der Waals surface area (Å²) in [6, 6.07) is 13.1. The summed E-state index contributed by atoms with van der Waals surface area (Å²) in [6.45, 7) is 0. The molecule has 0 saturated carbocycles. The zero-order chi connectivity index (χ0) is 30.2. The number of benzene rings is 4. The number of aromatic hydroxyl groups is 1. The average Bonchev–Trinajstić information content (AvgIpc) is 2.89. The zero-order valence-electron chi connectivity index (χ0n) is 20.5. The lowest BCUT2D eigenvalue weighted by Crippen LogP contribution is -2.00. The number of phenolic OH excluding ortho intramolecular Hbond substituents is 1. The maximum Gasteiger partial charge on any atom is 0.298 e. The predicted molar refractivity (Wildman–Crippen MR) is 143 cm³/mol. The summed E-state index contributed by atoms with van der Waals surface area (Å²) in [7, 11) is -12.7. The Hall–Kier alpha value is -4.33. The third-order valence-electron chi connectivity index (χ3n) is 5.43. The monoisotopic (exact) mass is 622 g/mol. The summed E-state index contributed by atoms with van der Waals surface area (Å²) in [5.74, 6) is -0.844. The minimum atomic E-state index is -4.99. The van der Waals surface area contributed by atoms with Gasteiger partial charge in [0.2, 0.25) is 0 Å². The molecule has 0 bridgehead atoms. The van der Waals surface area contributed by atoms with Crippen LogP contribution < -0.4 is 4.74 Å². The average molecular weight is 623 g/mol. The van der Waals surface area contributed by atoms with Gasteiger partial charge < -0.3 is 9.84 Å². The molecule has 4 aromatic rings. The number of fused-ring (bicyclic) bond motifs is 1. The van der Waals surface area contributed by atoms with Crippen LogP contribution in [0.25, 0.3) is 10.8 Å². The molecule has 0 unspecified atom stereocenters. The van der Waals surface area contributed by atoms with Crippen LogP contribution in [0.15, 0.2) is 102 Å². The highest BCUT2D eigenvalue weighted by molar-refractivity contribution is 7.86. The minimum Gasteiger partial charge on any atom is -0.504 e. The maximum absolute atomic E-state index is 11.8. The van der Waals surface area contributed by atoms with Crippen molar-refractivity contribution in [2.45, 2.75) is 14.7 Å². The molecule has 0 heterocycles. The van der Waals surface area contributed by atoms with Gasteiger partial charge >= 0.3 is 0 Å². The Morgan fingerprint density at radius 1 is 0.634 bits per heavy atom. The molecule has 0 aliphatic heterocycles. The van der Waals surface area contributed by atoms with Gasteiger partial charge in [0.15, 0.2) is 5.75 Å². The van der Waals surface area contributed by atoms with Crippen LogP contribution in [-0.4, -0.2) is 51.1 Å². The van der Waals surface area contributed by atoms with Crippen LogP contribution in [-0.2, 0) is 30.4 Å². The van der Waals surface area contributed by atoms with Gasteiger partial charge in [-0.05, 0) is 60.0 Å². The zero-order valence-corrected chi connectivity index (χ0v) is 23.0. The van der Waals surface area contributed by atoms with Crippen molar-refractivity contribution in [1.29, 1.82) is 0 Å². The Morgan fingerprint density at radius 3 is 1.80 bits per heavy atom. The van der Waals surface area contributed by atoms with Crippen molar-refractivity contribution < 1.29 is 48.8 Å². The van der Waals surface area contributed by atoms with E-state index in [1.807, 2.05) is 0 Å². The number of ether oxygens (including phenoxy) is 1. The fourth-order valence-corrected chi connectivity index (χ4v) is 5.12. The first-order chi connectivity index (χ1) is 19.1. The Labute approximate surface area is 232 Å². The minimum absolute atomic E-state index is 0.0375. The van der Waals surface area contributed by atoms with Crippen molar-refractivity contribution in [2.75, 3.05) is 7.11 Å². The summed E-state index contributed by atoms with van der Waals surface area (Å²) in [5.41, 5.74) is 0.205. The van der Waals surface area contributed by atoms with Gasteiger partial charge in [-0.15, -0.1) is 10.2 Å². The number of nitrogens with zero attached hydrogens (tertiary/aromatic N) is 4. The van der Waals surface area contributed by atoms with E-state index in [0.29, 0.717) is 0 Å². The largest absolute Gasteiger partial charge is 0.504 e. The molecule has 0 radical (unpaired) electrons. The van der Waals surface area contributed by atoms with Crippen molar-refractivity contribution in [1.82, 2.24) is 0 Å². The molecule has 214 valence electrons. The quantitative estimate of drug-likeness (QED) is 0.148. The van der Waals surface area contributed by atoms with E-state index in [9.17, 15) is 39.5 Å². The molecule has 18 heteroatoms. The summed E-state index contributed by atoms with van der Waals surface area (Å²) < 4.78 is 102. The molecule has 0 spiro atoms. The van der Waals surface area contributed by atoms with E-state index in [-0.39, 0.29) is 38.5 Å². The highest BCUT2D eigenvalue weighted by Crippen LogP contribution is 2.43. The van der Waals surface area contributed by atoms with E-state index in [0.717, 1.165) is 36.4 Å². The fraction of sp³-hybridized carbons (Fsp3) is 0.0435. The van der Waals surface area contributed by atoms with Gasteiger partial charge in [0, 0.05) is 11.5 Å². The van der Waals surface area contributed by atoms with Gasteiger partial charge in [0.05, 0.1) is 28.3 Å². The molecule has 4 rings (SSSR count). The van der Waals surface area contributed by atoms with Crippen LogP contribution in [0.1, 0.15) is 0 Å². The first-order valence-corrected chi connectivity index (χ1v) is 15.2. The number of rotatable bonds is 8. The van der Waals surface area contributed by atoms with Crippen LogP contribution in [0.5, 0.6) is 11.5 Å². The summed E-state index contributed by atoms with van der Waals surface area (Å²) in [6.07, 6.45) is 0. The van der Waals surface area contributed by atoms with Crippen molar-refractivity contribution >= 4 is 63.9 Å². The van der Waals surface area contributed by atoms with E-state index in [1.54, 1.807) is 0 Å². The molecule has 0 fully saturated rings. The molecular weight excluding hydrogens is 604 g/mol. The molecule has 4 N–H and O–H groups in total. The first-order valence-electron chi connectivity index (χ1n) is 10.9. The van der Waals surface area contributed by atoms with E-state index >= 15 is 0 Å². The molecule has 0 amide bonds. The van der Waals surface area contributed by atoms with Crippen molar-refractivity contribution in [2.24, 2.45) is 20.5 Å². The normalized spacial score (nSPS) is 12.9. The van der Waals surface area contributed by atoms with Gasteiger partial charge in [-0.1, -0.05) is 6.07 Å². The van der Waals surface area contributed by atoms with Crippen molar-refractivity contribution in [3.8, 4) is 11.5 Å². The van der Waals surface area contributed by atoms with Crippen LogP contribution in [0, 0.1) is 0 Å². The van der Waals surface area contributed by atoms with Crippen LogP contribution in [0.3, 0.4) is 0 Å². The highest BCUT2D eigenvalue weighted by atomic mass is 32.2. The Kier molecular flexibility index (Phi) is 7.89. The molecule has 15 nitrogen and oxygen atoms in total. The second-order valence-corrected chi connectivity index (χ2v) is 12.4. The summed E-state index contributed by atoms with van der Waals surface area (Å²) >= 11 is 0. The number of phenols is 1. The van der Waals surface area contributed by atoms with E-state index in [1.165, 1.54) is 37.4 Å². The van der Waals surface area contributed by atoms with E-state index in [4.69, 9.17) is 9.29 Å². The van der Waals surface area contributed by atoms with E-state index < -0.39 is 51.6 Å². The number of hydrogen-bond acceptors (Lipinski definition) is 12. The molecule has 4 aromatic carbocycles. The lowest BCUT2D eigenvalue weighted by atomic mass is 10.1. The third kappa shape index (κ3) is 6.70. The number of azo groups is 2. The predicted octanol–water partition coefficient (Wildman–Crippen LogP) is 5.12. The number of methoxy groups -OCH3 is 1. The molecule has 0 aromatic heterocycles. The molecule has 0 saturated heterocycles. The lowest BCUT2D eigenvalue weighted by Gasteiger charge is -2.10. The first kappa shape index (κ1) is 29.6. The fourth-order valence-electron chi connectivity index (χ4n) is 3.50. The third-order valence-corrected chi connectivity index (χ3v) is 8.02. The lowest BCUT2D eigenvalue weighted by molar-refractivity contribution is 0.416. The van der Waals surface area contributed by atoms with Gasteiger partial charge in [-0.2, -0.15) is 35.5 Å². The maximum atomic E-state index is 11.8. The molecule has 0 aliphatic carbocycles. The van der Waals surface area contributed by atoms with Gasteiger partial charge in [-0.3, -0.25) is 13.7 Å². The summed E-state index contributed by atoms with van der Waals surface area (Å²) in [4.78, 5) is -1.85. The Balaban J connectivity index is 1.73. The SMILES string of the molecule is COc1cc(N=Nc2ccc(S(=O)(=O)O)cc2)ccc1N=Nc1c(O)c(S(=O)(=O)O)cc2cc(S(=O)(=O)O)ccc12. The van der Waals surface area contributed by atoms with Crippen LogP contribution >= 0.6 is 0 Å². The number of hydrogen-bond donors (Lipinski definition) is 4.